The first-order chi connectivity index (χ1) is 15.1. The van der Waals surface area contributed by atoms with Gasteiger partial charge in [0.15, 0.2) is 11.5 Å². The van der Waals surface area contributed by atoms with Crippen LogP contribution in [0.25, 0.3) is 0 Å². The van der Waals surface area contributed by atoms with Crippen molar-refractivity contribution in [3.05, 3.63) is 58.6 Å². The summed E-state index contributed by atoms with van der Waals surface area (Å²) in [7, 11) is 0. The van der Waals surface area contributed by atoms with Crippen LogP contribution in [0, 0.1) is 5.92 Å². The van der Waals surface area contributed by atoms with Crippen LogP contribution in [0.1, 0.15) is 48.0 Å². The number of halogens is 1. The van der Waals surface area contributed by atoms with Crippen molar-refractivity contribution < 1.29 is 19.1 Å². The zero-order valence-electron chi connectivity index (χ0n) is 17.2. The van der Waals surface area contributed by atoms with Crippen LogP contribution in [0.3, 0.4) is 0 Å². The minimum Gasteiger partial charge on any atom is -0.454 e. The summed E-state index contributed by atoms with van der Waals surface area (Å²) in [6.07, 6.45) is 4.97. The van der Waals surface area contributed by atoms with Crippen LogP contribution < -0.4 is 14.8 Å². The Balaban J connectivity index is 1.34. The molecule has 1 N–H and O–H groups in total. The molecule has 1 saturated heterocycles. The molecule has 2 amide bonds. The first-order valence-electron chi connectivity index (χ1n) is 10.8. The highest BCUT2D eigenvalue weighted by molar-refractivity contribution is 6.31. The van der Waals surface area contributed by atoms with Gasteiger partial charge in [0.25, 0.3) is 5.91 Å². The highest BCUT2D eigenvalue weighted by atomic mass is 35.5. The summed E-state index contributed by atoms with van der Waals surface area (Å²) in [5, 5.41) is 3.56. The summed E-state index contributed by atoms with van der Waals surface area (Å²) in [5.74, 6) is 1.56. The molecule has 1 saturated carbocycles. The first-order valence-corrected chi connectivity index (χ1v) is 11.2. The molecule has 3 atom stereocenters. The van der Waals surface area contributed by atoms with Crippen LogP contribution in [-0.2, 0) is 11.3 Å². The normalized spacial score (nSPS) is 24.0. The Hall–Kier alpha value is -2.73. The summed E-state index contributed by atoms with van der Waals surface area (Å²) < 4.78 is 10.8. The molecule has 5 rings (SSSR count). The number of rotatable bonds is 4. The summed E-state index contributed by atoms with van der Waals surface area (Å²) >= 11 is 6.12. The molecule has 7 heteroatoms. The Morgan fingerprint density at radius 2 is 1.90 bits per heavy atom. The van der Waals surface area contributed by atoms with E-state index in [1.807, 2.05) is 23.1 Å². The molecule has 2 fully saturated rings. The molecule has 0 radical (unpaired) electrons. The lowest BCUT2D eigenvalue weighted by Gasteiger charge is -2.33. The van der Waals surface area contributed by atoms with Gasteiger partial charge in [-0.1, -0.05) is 36.6 Å². The van der Waals surface area contributed by atoms with E-state index >= 15 is 0 Å². The molecule has 162 valence electrons. The van der Waals surface area contributed by atoms with Crippen LogP contribution in [0.2, 0.25) is 5.02 Å². The Bertz CT molecular complexity index is 1010. The third-order valence-corrected chi connectivity index (χ3v) is 6.84. The second kappa shape index (κ2) is 8.42. The molecular formula is C24H25ClN2O4. The second-order valence-corrected chi connectivity index (χ2v) is 8.93. The van der Waals surface area contributed by atoms with Crippen molar-refractivity contribution in [2.75, 3.05) is 6.79 Å². The van der Waals surface area contributed by atoms with Gasteiger partial charge in [-0.25, -0.2) is 0 Å². The summed E-state index contributed by atoms with van der Waals surface area (Å²) in [6.45, 7) is 0.594. The van der Waals surface area contributed by atoms with Crippen molar-refractivity contribution in [1.29, 1.82) is 0 Å². The molecule has 3 aliphatic rings. The molecule has 0 bridgehead atoms. The summed E-state index contributed by atoms with van der Waals surface area (Å²) in [6, 6.07) is 12.3. The molecular weight excluding hydrogens is 416 g/mol. The van der Waals surface area contributed by atoms with Crippen LogP contribution >= 0.6 is 11.6 Å². The SMILES string of the molecule is O=C(NCc1ccc2c(c1)OCO2)[C@@H]1C[C@@H]2CCCC[C@H]2N1C(=O)c1cccc(Cl)c1. The average Bonchev–Trinajstić information content (AvgIpc) is 3.41. The van der Waals surface area contributed by atoms with Crippen molar-refractivity contribution >= 4 is 23.4 Å². The third kappa shape index (κ3) is 3.97. The molecule has 2 aromatic carbocycles. The Morgan fingerprint density at radius 3 is 2.77 bits per heavy atom. The number of hydrogen-bond donors (Lipinski definition) is 1. The number of carbonyl (C=O) groups is 2. The lowest BCUT2D eigenvalue weighted by atomic mass is 9.84. The fourth-order valence-electron chi connectivity index (χ4n) is 5.11. The average molecular weight is 441 g/mol. The minimum absolute atomic E-state index is 0.109. The molecule has 0 unspecified atom stereocenters. The quantitative estimate of drug-likeness (QED) is 0.775. The number of ether oxygens (including phenoxy) is 2. The zero-order chi connectivity index (χ0) is 21.4. The van der Waals surface area contributed by atoms with Gasteiger partial charge in [-0.05, 0) is 61.1 Å². The number of amides is 2. The fraction of sp³-hybridized carbons (Fsp3) is 0.417. The van der Waals surface area contributed by atoms with Crippen LogP contribution in [0.5, 0.6) is 11.5 Å². The topological polar surface area (TPSA) is 67.9 Å². The van der Waals surface area contributed by atoms with E-state index in [1.165, 1.54) is 0 Å². The van der Waals surface area contributed by atoms with E-state index in [-0.39, 0.29) is 24.6 Å². The van der Waals surface area contributed by atoms with E-state index in [4.69, 9.17) is 21.1 Å². The van der Waals surface area contributed by atoms with E-state index < -0.39 is 6.04 Å². The van der Waals surface area contributed by atoms with Gasteiger partial charge in [0.2, 0.25) is 12.7 Å². The maximum Gasteiger partial charge on any atom is 0.254 e. The monoisotopic (exact) mass is 440 g/mol. The van der Waals surface area contributed by atoms with Gasteiger partial charge in [0, 0.05) is 23.2 Å². The maximum atomic E-state index is 13.4. The van der Waals surface area contributed by atoms with E-state index in [0.29, 0.717) is 41.0 Å². The minimum atomic E-state index is -0.464. The highest BCUT2D eigenvalue weighted by Gasteiger charge is 2.47. The molecule has 2 heterocycles. The summed E-state index contributed by atoms with van der Waals surface area (Å²) in [5.41, 5.74) is 1.47. The number of carbonyl (C=O) groups excluding carboxylic acids is 2. The Labute approximate surface area is 186 Å². The Kier molecular flexibility index (Phi) is 5.48. The maximum absolute atomic E-state index is 13.4. The molecule has 0 aromatic heterocycles. The van der Waals surface area contributed by atoms with Crippen molar-refractivity contribution in [2.24, 2.45) is 5.92 Å². The number of likely N-dealkylation sites (tertiary alicyclic amines) is 1. The van der Waals surface area contributed by atoms with Crippen molar-refractivity contribution in [3.63, 3.8) is 0 Å². The molecule has 2 aliphatic heterocycles. The van der Waals surface area contributed by atoms with Gasteiger partial charge in [-0.15, -0.1) is 0 Å². The van der Waals surface area contributed by atoms with Gasteiger partial charge in [0.1, 0.15) is 6.04 Å². The van der Waals surface area contributed by atoms with Gasteiger partial charge in [-0.2, -0.15) is 0 Å². The van der Waals surface area contributed by atoms with Gasteiger partial charge < -0.3 is 19.7 Å². The lowest BCUT2D eigenvalue weighted by molar-refractivity contribution is -0.125. The first kappa shape index (κ1) is 20.2. The molecule has 2 aromatic rings. The van der Waals surface area contributed by atoms with Crippen LogP contribution in [0.4, 0.5) is 0 Å². The molecule has 31 heavy (non-hydrogen) atoms. The number of nitrogens with one attached hydrogen (secondary N) is 1. The van der Waals surface area contributed by atoms with Crippen molar-refractivity contribution in [2.45, 2.75) is 50.7 Å². The van der Waals surface area contributed by atoms with E-state index in [1.54, 1.807) is 24.3 Å². The largest absolute Gasteiger partial charge is 0.454 e. The lowest BCUT2D eigenvalue weighted by Crippen LogP contribution is -2.49. The van der Waals surface area contributed by atoms with Crippen LogP contribution in [0.15, 0.2) is 42.5 Å². The van der Waals surface area contributed by atoms with Gasteiger partial charge in [-0.3, -0.25) is 9.59 Å². The van der Waals surface area contributed by atoms with E-state index in [9.17, 15) is 9.59 Å². The standard InChI is InChI=1S/C24H25ClN2O4/c25-18-6-3-5-17(11-18)24(29)27-19-7-2-1-4-16(19)12-20(27)23(28)26-13-15-8-9-21-22(10-15)31-14-30-21/h3,5-6,8-11,16,19-20H,1-2,4,7,12-14H2,(H,26,28)/t16-,19+,20-/m0/s1. The highest BCUT2D eigenvalue weighted by Crippen LogP contribution is 2.41. The second-order valence-electron chi connectivity index (χ2n) is 8.49. The number of benzene rings is 2. The predicted octanol–water partition coefficient (Wildman–Crippen LogP) is 4.16. The Morgan fingerprint density at radius 1 is 1.06 bits per heavy atom. The van der Waals surface area contributed by atoms with Crippen molar-refractivity contribution in [3.8, 4) is 11.5 Å². The fourth-order valence-corrected chi connectivity index (χ4v) is 5.30. The zero-order valence-corrected chi connectivity index (χ0v) is 17.9. The van der Waals surface area contributed by atoms with Gasteiger partial charge in [0.05, 0.1) is 0 Å². The number of nitrogens with zero attached hydrogens (tertiary/aromatic N) is 1. The number of hydrogen-bond acceptors (Lipinski definition) is 4. The van der Waals surface area contributed by atoms with Gasteiger partial charge >= 0.3 is 0 Å². The molecule has 6 nitrogen and oxygen atoms in total. The molecule has 1 aliphatic carbocycles. The van der Waals surface area contributed by atoms with Crippen molar-refractivity contribution in [1.82, 2.24) is 10.2 Å². The van der Waals surface area contributed by atoms with E-state index in [0.717, 1.165) is 31.2 Å². The number of fused-ring (bicyclic) bond motifs is 2. The van der Waals surface area contributed by atoms with E-state index in [2.05, 4.69) is 5.32 Å². The predicted molar refractivity (Wildman–Crippen MR) is 116 cm³/mol. The smallest absolute Gasteiger partial charge is 0.254 e. The third-order valence-electron chi connectivity index (χ3n) is 6.60. The molecule has 0 spiro atoms. The van der Waals surface area contributed by atoms with Crippen LogP contribution in [-0.4, -0.2) is 35.6 Å². The summed E-state index contributed by atoms with van der Waals surface area (Å²) in [4.78, 5) is 28.5.